The number of nitrogens with zero attached hydrogens (tertiary/aromatic N) is 2. The highest BCUT2D eigenvalue weighted by atomic mass is 32.2. The Labute approximate surface area is 169 Å². The van der Waals surface area contributed by atoms with Crippen LogP contribution < -0.4 is 5.01 Å². The molecule has 0 spiro atoms. The second kappa shape index (κ2) is 10.3. The van der Waals surface area contributed by atoms with Crippen molar-refractivity contribution in [1.82, 2.24) is 0 Å². The summed E-state index contributed by atoms with van der Waals surface area (Å²) in [6.07, 6.45) is -0.494. The van der Waals surface area contributed by atoms with E-state index < -0.39 is 6.09 Å². The van der Waals surface area contributed by atoms with Crippen LogP contribution in [0.5, 0.6) is 0 Å². The molecular weight excluding hydrogens is 368 g/mol. The highest BCUT2D eigenvalue weighted by Crippen LogP contribution is 2.21. The van der Waals surface area contributed by atoms with Crippen molar-refractivity contribution >= 4 is 29.3 Å². The van der Waals surface area contributed by atoms with Gasteiger partial charge in [0.15, 0.2) is 0 Å². The zero-order valence-corrected chi connectivity index (χ0v) is 16.5. The Morgan fingerprint density at radius 2 is 1.46 bits per heavy atom. The van der Waals surface area contributed by atoms with E-state index in [4.69, 9.17) is 9.84 Å². The number of amides is 1. The lowest BCUT2D eigenvalue weighted by Crippen LogP contribution is -2.28. The molecule has 0 aliphatic heterocycles. The van der Waals surface area contributed by atoms with E-state index in [1.165, 1.54) is 5.01 Å². The van der Waals surface area contributed by atoms with E-state index in [1.807, 2.05) is 78.9 Å². The first-order chi connectivity index (χ1) is 13.8. The van der Waals surface area contributed by atoms with Crippen molar-refractivity contribution in [2.45, 2.75) is 11.8 Å². The van der Waals surface area contributed by atoms with Gasteiger partial charge >= 0.3 is 6.09 Å². The zero-order valence-electron chi connectivity index (χ0n) is 15.7. The Hall–Kier alpha value is -3.05. The van der Waals surface area contributed by atoms with Crippen molar-refractivity contribution in [3.05, 3.63) is 96.6 Å². The summed E-state index contributed by atoms with van der Waals surface area (Å²) in [5.41, 5.74) is 2.43. The average molecular weight is 391 g/mol. The zero-order chi connectivity index (χ0) is 19.6. The Kier molecular flexibility index (Phi) is 7.27. The molecule has 0 aromatic heterocycles. The number of carbonyl (C=O) groups is 1. The van der Waals surface area contributed by atoms with Gasteiger partial charge in [-0.3, -0.25) is 0 Å². The third-order valence-corrected chi connectivity index (χ3v) is 4.91. The number of hydrogen-bond acceptors (Lipinski definition) is 4. The van der Waals surface area contributed by atoms with Gasteiger partial charge < -0.3 is 4.74 Å². The van der Waals surface area contributed by atoms with Crippen LogP contribution in [0.3, 0.4) is 0 Å². The van der Waals surface area contributed by atoms with Crippen molar-refractivity contribution in [3.8, 4) is 0 Å². The standard InChI is InChI=1S/C23H22N2O2S/c1-2-27-23(26)25(20-14-8-4-9-15-20)24-22(19-12-6-3-7-13-19)18-28-21-16-10-5-11-17-21/h3-17H,2,18H2,1H3/b24-22+. The van der Waals surface area contributed by atoms with Crippen LogP contribution >= 0.6 is 11.8 Å². The molecule has 0 aliphatic carbocycles. The highest BCUT2D eigenvalue weighted by molar-refractivity contribution is 8.00. The van der Waals surface area contributed by atoms with Crippen molar-refractivity contribution in [2.75, 3.05) is 17.4 Å². The molecule has 0 heterocycles. The van der Waals surface area contributed by atoms with Gasteiger partial charge in [-0.05, 0) is 36.8 Å². The topological polar surface area (TPSA) is 41.9 Å². The van der Waals surface area contributed by atoms with Crippen molar-refractivity contribution in [1.29, 1.82) is 0 Å². The number of rotatable bonds is 7. The molecule has 0 atom stereocenters. The fraction of sp³-hybridized carbons (Fsp3) is 0.130. The smallest absolute Gasteiger partial charge is 0.435 e. The van der Waals surface area contributed by atoms with Gasteiger partial charge in [-0.15, -0.1) is 11.8 Å². The molecule has 142 valence electrons. The number of hydrazone groups is 1. The van der Waals surface area contributed by atoms with E-state index in [0.717, 1.165) is 16.2 Å². The molecule has 0 saturated heterocycles. The SMILES string of the molecule is CCOC(=O)N(/N=C(\CSc1ccccc1)c1ccccc1)c1ccccc1. The number of benzene rings is 3. The molecule has 0 saturated carbocycles. The number of para-hydroxylation sites is 1. The van der Waals surface area contributed by atoms with Crippen LogP contribution in [0.25, 0.3) is 0 Å². The molecule has 3 aromatic rings. The maximum absolute atomic E-state index is 12.6. The maximum atomic E-state index is 12.6. The van der Waals surface area contributed by atoms with E-state index in [9.17, 15) is 4.79 Å². The van der Waals surface area contributed by atoms with E-state index in [0.29, 0.717) is 11.4 Å². The van der Waals surface area contributed by atoms with Gasteiger partial charge in [-0.1, -0.05) is 66.7 Å². The van der Waals surface area contributed by atoms with Crippen molar-refractivity contribution < 1.29 is 9.53 Å². The lowest BCUT2D eigenvalue weighted by molar-refractivity contribution is 0.160. The molecule has 1 amide bonds. The molecule has 5 heteroatoms. The van der Waals surface area contributed by atoms with Gasteiger partial charge in [0.25, 0.3) is 0 Å². The fourth-order valence-electron chi connectivity index (χ4n) is 2.55. The Bertz CT molecular complexity index is 900. The highest BCUT2D eigenvalue weighted by Gasteiger charge is 2.18. The predicted molar refractivity (Wildman–Crippen MR) is 116 cm³/mol. The van der Waals surface area contributed by atoms with Crippen LogP contribution in [0.2, 0.25) is 0 Å². The van der Waals surface area contributed by atoms with E-state index in [-0.39, 0.29) is 6.61 Å². The molecule has 4 nitrogen and oxygen atoms in total. The number of ether oxygens (including phenoxy) is 1. The Morgan fingerprint density at radius 3 is 2.07 bits per heavy atom. The molecule has 0 N–H and O–H groups in total. The summed E-state index contributed by atoms with van der Waals surface area (Å²) in [5, 5.41) is 6.04. The minimum atomic E-state index is -0.494. The molecule has 3 aromatic carbocycles. The van der Waals surface area contributed by atoms with Gasteiger partial charge in [0.2, 0.25) is 0 Å². The number of hydrogen-bond donors (Lipinski definition) is 0. The van der Waals surface area contributed by atoms with Gasteiger partial charge in [0.05, 0.1) is 18.0 Å². The second-order valence-corrected chi connectivity index (χ2v) is 6.91. The van der Waals surface area contributed by atoms with Crippen LogP contribution in [0, 0.1) is 0 Å². The van der Waals surface area contributed by atoms with Crippen LogP contribution in [-0.2, 0) is 4.74 Å². The van der Waals surface area contributed by atoms with Gasteiger partial charge in [-0.25, -0.2) is 4.79 Å². The molecule has 0 bridgehead atoms. The number of thioether (sulfide) groups is 1. The first-order valence-electron chi connectivity index (χ1n) is 9.10. The van der Waals surface area contributed by atoms with Crippen molar-refractivity contribution in [3.63, 3.8) is 0 Å². The van der Waals surface area contributed by atoms with Crippen LogP contribution in [0.15, 0.2) is 101 Å². The molecular formula is C23H22N2O2S. The molecule has 0 aliphatic rings. The summed E-state index contributed by atoms with van der Waals surface area (Å²) >= 11 is 1.68. The fourth-order valence-corrected chi connectivity index (χ4v) is 3.42. The summed E-state index contributed by atoms with van der Waals surface area (Å²) in [7, 11) is 0. The quantitative estimate of drug-likeness (QED) is 0.289. The first kappa shape index (κ1) is 19.7. The van der Waals surface area contributed by atoms with Gasteiger partial charge in [0.1, 0.15) is 0 Å². The third-order valence-electron chi connectivity index (χ3n) is 3.89. The minimum Gasteiger partial charge on any atom is -0.448 e. The number of anilines is 1. The summed E-state index contributed by atoms with van der Waals surface area (Å²) in [6.45, 7) is 2.07. The normalized spacial score (nSPS) is 11.1. The summed E-state index contributed by atoms with van der Waals surface area (Å²) < 4.78 is 5.23. The lowest BCUT2D eigenvalue weighted by atomic mass is 10.1. The van der Waals surface area contributed by atoms with Crippen LogP contribution in [0.4, 0.5) is 10.5 Å². The number of carbonyl (C=O) groups excluding carboxylic acids is 1. The molecule has 0 radical (unpaired) electrons. The Balaban J connectivity index is 1.95. The van der Waals surface area contributed by atoms with Gasteiger partial charge in [0, 0.05) is 10.6 Å². The predicted octanol–water partition coefficient (Wildman–Crippen LogP) is 5.85. The molecule has 0 fully saturated rings. The van der Waals surface area contributed by atoms with Crippen LogP contribution in [0.1, 0.15) is 12.5 Å². The molecule has 28 heavy (non-hydrogen) atoms. The largest absolute Gasteiger partial charge is 0.448 e. The molecule has 3 rings (SSSR count). The van der Waals surface area contributed by atoms with E-state index in [2.05, 4.69) is 12.1 Å². The monoisotopic (exact) mass is 390 g/mol. The third kappa shape index (κ3) is 5.47. The summed E-state index contributed by atoms with van der Waals surface area (Å²) in [4.78, 5) is 13.7. The average Bonchev–Trinajstić information content (AvgIpc) is 2.76. The van der Waals surface area contributed by atoms with E-state index in [1.54, 1.807) is 18.7 Å². The van der Waals surface area contributed by atoms with Crippen LogP contribution in [-0.4, -0.2) is 24.2 Å². The van der Waals surface area contributed by atoms with E-state index >= 15 is 0 Å². The van der Waals surface area contributed by atoms with Gasteiger partial charge in [-0.2, -0.15) is 10.1 Å². The minimum absolute atomic E-state index is 0.289. The summed E-state index contributed by atoms with van der Waals surface area (Å²) in [6, 6.07) is 29.4. The molecule has 0 unspecified atom stereocenters. The second-order valence-electron chi connectivity index (χ2n) is 5.86. The maximum Gasteiger partial charge on any atom is 0.435 e. The van der Waals surface area contributed by atoms with Crippen molar-refractivity contribution in [2.24, 2.45) is 5.10 Å². The first-order valence-corrected chi connectivity index (χ1v) is 10.1. The Morgan fingerprint density at radius 1 is 0.893 bits per heavy atom. The summed E-state index contributed by atoms with van der Waals surface area (Å²) in [5.74, 6) is 0.622. The lowest BCUT2D eigenvalue weighted by Gasteiger charge is -2.19.